The SMILES string of the molecule is C=C(Nc1ccc(-c2ccccc2)cc1O)Nc1c(C)ccc2c1/C(=C/c1[nH]ccc1OC)C(=O)N2. The second-order valence-corrected chi connectivity index (χ2v) is 8.48. The number of carbonyl (C=O) groups excluding carboxylic acids is 1. The Kier molecular flexibility index (Phi) is 5.96. The van der Waals surface area contributed by atoms with Crippen molar-refractivity contribution in [3.05, 3.63) is 102 Å². The molecule has 180 valence electrons. The summed E-state index contributed by atoms with van der Waals surface area (Å²) < 4.78 is 5.38. The van der Waals surface area contributed by atoms with E-state index >= 15 is 0 Å². The molecule has 2 heterocycles. The molecule has 4 aromatic rings. The monoisotopic (exact) mass is 478 g/mol. The molecule has 1 aliphatic heterocycles. The molecule has 7 nitrogen and oxygen atoms in total. The van der Waals surface area contributed by atoms with E-state index < -0.39 is 0 Å². The highest BCUT2D eigenvalue weighted by Crippen LogP contribution is 2.41. The number of hydrogen-bond acceptors (Lipinski definition) is 5. The number of hydrogen-bond donors (Lipinski definition) is 5. The summed E-state index contributed by atoms with van der Waals surface area (Å²) >= 11 is 0. The number of phenols is 1. The number of aryl methyl sites for hydroxylation is 1. The van der Waals surface area contributed by atoms with Crippen LogP contribution in [0, 0.1) is 6.92 Å². The fourth-order valence-corrected chi connectivity index (χ4v) is 4.29. The number of anilines is 3. The largest absolute Gasteiger partial charge is 0.506 e. The Hall–Kier alpha value is -4.91. The summed E-state index contributed by atoms with van der Waals surface area (Å²) in [4.78, 5) is 16.0. The minimum Gasteiger partial charge on any atom is -0.506 e. The van der Waals surface area contributed by atoms with E-state index in [4.69, 9.17) is 4.74 Å². The molecule has 1 aliphatic rings. The van der Waals surface area contributed by atoms with Gasteiger partial charge >= 0.3 is 0 Å². The van der Waals surface area contributed by atoms with Crippen LogP contribution in [0.5, 0.6) is 11.5 Å². The minimum atomic E-state index is -0.206. The maximum absolute atomic E-state index is 12.9. The number of amides is 1. The van der Waals surface area contributed by atoms with Crippen LogP contribution in [-0.2, 0) is 4.79 Å². The lowest BCUT2D eigenvalue weighted by atomic mass is 10.00. The van der Waals surface area contributed by atoms with Gasteiger partial charge < -0.3 is 30.8 Å². The number of phenolic OH excluding ortho intramolecular Hbond substituents is 1. The van der Waals surface area contributed by atoms with E-state index in [9.17, 15) is 9.90 Å². The van der Waals surface area contributed by atoms with Crippen LogP contribution in [0.4, 0.5) is 17.1 Å². The van der Waals surface area contributed by atoms with Gasteiger partial charge in [-0.2, -0.15) is 0 Å². The quantitative estimate of drug-likeness (QED) is 0.161. The van der Waals surface area contributed by atoms with Crippen LogP contribution in [-0.4, -0.2) is 23.1 Å². The summed E-state index contributed by atoms with van der Waals surface area (Å²) in [6.45, 7) is 6.05. The highest BCUT2D eigenvalue weighted by molar-refractivity contribution is 6.36. The van der Waals surface area contributed by atoms with Crippen molar-refractivity contribution < 1.29 is 14.6 Å². The number of aromatic nitrogens is 1. The summed E-state index contributed by atoms with van der Waals surface area (Å²) in [5, 5.41) is 20.0. The highest BCUT2D eigenvalue weighted by Gasteiger charge is 2.29. The average Bonchev–Trinajstić information content (AvgIpc) is 3.46. The Morgan fingerprint density at radius 1 is 1.03 bits per heavy atom. The molecular weight excluding hydrogens is 452 g/mol. The third kappa shape index (κ3) is 4.30. The van der Waals surface area contributed by atoms with Crippen molar-refractivity contribution in [2.75, 3.05) is 23.1 Å². The van der Waals surface area contributed by atoms with E-state index in [1.165, 1.54) is 0 Å². The van der Waals surface area contributed by atoms with Crippen LogP contribution in [0.2, 0.25) is 0 Å². The van der Waals surface area contributed by atoms with Gasteiger partial charge in [-0.25, -0.2) is 0 Å². The Bertz CT molecular complexity index is 1500. The Morgan fingerprint density at radius 3 is 2.58 bits per heavy atom. The van der Waals surface area contributed by atoms with Crippen molar-refractivity contribution >= 4 is 34.6 Å². The zero-order valence-electron chi connectivity index (χ0n) is 20.0. The first-order valence-corrected chi connectivity index (χ1v) is 11.4. The number of carbonyl (C=O) groups is 1. The van der Waals surface area contributed by atoms with Crippen molar-refractivity contribution in [1.82, 2.24) is 4.98 Å². The first-order chi connectivity index (χ1) is 17.4. The van der Waals surface area contributed by atoms with Crippen LogP contribution in [0.1, 0.15) is 16.8 Å². The number of fused-ring (bicyclic) bond motifs is 1. The first-order valence-electron chi connectivity index (χ1n) is 11.4. The van der Waals surface area contributed by atoms with Crippen molar-refractivity contribution in [2.24, 2.45) is 0 Å². The molecule has 0 unspecified atom stereocenters. The lowest BCUT2D eigenvalue weighted by Gasteiger charge is -2.18. The van der Waals surface area contributed by atoms with Crippen LogP contribution < -0.4 is 20.7 Å². The van der Waals surface area contributed by atoms with Gasteiger partial charge in [0, 0.05) is 11.8 Å². The van der Waals surface area contributed by atoms with E-state index in [0.717, 1.165) is 27.9 Å². The molecule has 0 aliphatic carbocycles. The number of aromatic hydroxyl groups is 1. The molecule has 0 saturated carbocycles. The zero-order chi connectivity index (χ0) is 25.2. The predicted octanol–water partition coefficient (Wildman–Crippen LogP) is 6.19. The Balaban J connectivity index is 1.43. The minimum absolute atomic E-state index is 0.102. The van der Waals surface area contributed by atoms with E-state index in [-0.39, 0.29) is 11.7 Å². The summed E-state index contributed by atoms with van der Waals surface area (Å²) in [5.74, 6) is 0.991. The van der Waals surface area contributed by atoms with Crippen molar-refractivity contribution in [2.45, 2.75) is 6.92 Å². The third-order valence-corrected chi connectivity index (χ3v) is 6.09. The predicted molar refractivity (Wildman–Crippen MR) is 145 cm³/mol. The van der Waals surface area contributed by atoms with Gasteiger partial charge in [-0.15, -0.1) is 0 Å². The van der Waals surface area contributed by atoms with Crippen molar-refractivity contribution in [3.8, 4) is 22.6 Å². The van der Waals surface area contributed by atoms with Gasteiger partial charge in [-0.05, 0) is 54.0 Å². The summed E-state index contributed by atoms with van der Waals surface area (Å²) in [5.41, 5.74) is 6.74. The molecule has 0 radical (unpaired) electrons. The molecule has 5 N–H and O–H groups in total. The average molecular weight is 479 g/mol. The van der Waals surface area contributed by atoms with Gasteiger partial charge in [0.15, 0.2) is 0 Å². The standard InChI is InChI=1S/C29H26N4O3/c1-17-9-11-23-27(21(29(35)33-23)16-24-26(36-3)13-14-30-24)28(17)32-18(2)31-22-12-10-20(15-25(22)34)19-7-5-4-6-8-19/h4-16,30-32,34H,2H2,1,3H3,(H,33,35)/b21-16-. The Labute approximate surface area is 209 Å². The van der Waals surface area contributed by atoms with Crippen LogP contribution in [0.25, 0.3) is 22.8 Å². The molecule has 0 fully saturated rings. The number of aromatic amines is 1. The number of H-pyrrole nitrogens is 1. The maximum Gasteiger partial charge on any atom is 0.256 e. The third-order valence-electron chi connectivity index (χ3n) is 6.09. The number of rotatable bonds is 7. The molecule has 1 aromatic heterocycles. The summed E-state index contributed by atoms with van der Waals surface area (Å²) in [6.07, 6.45) is 3.53. The summed E-state index contributed by atoms with van der Waals surface area (Å²) in [7, 11) is 1.59. The van der Waals surface area contributed by atoms with Crippen LogP contribution >= 0.6 is 0 Å². The molecule has 0 saturated heterocycles. The van der Waals surface area contributed by atoms with Gasteiger partial charge in [-0.1, -0.05) is 49.0 Å². The molecule has 3 aromatic carbocycles. The number of methoxy groups -OCH3 is 1. The topological polar surface area (TPSA) is 98.4 Å². The summed E-state index contributed by atoms with van der Waals surface area (Å²) in [6, 6.07) is 20.9. The van der Waals surface area contributed by atoms with E-state index in [1.54, 1.807) is 37.6 Å². The number of ether oxygens (including phenoxy) is 1. The normalized spacial score (nSPS) is 13.3. The molecule has 0 spiro atoms. The van der Waals surface area contributed by atoms with Crippen LogP contribution in [0.3, 0.4) is 0 Å². The second kappa shape index (κ2) is 9.38. The van der Waals surface area contributed by atoms with Crippen LogP contribution in [0.15, 0.2) is 85.3 Å². The van der Waals surface area contributed by atoms with Gasteiger partial charge in [0.25, 0.3) is 5.91 Å². The fraction of sp³-hybridized carbons (Fsp3) is 0.0690. The highest BCUT2D eigenvalue weighted by atomic mass is 16.5. The fourth-order valence-electron chi connectivity index (χ4n) is 4.29. The smallest absolute Gasteiger partial charge is 0.256 e. The van der Waals surface area contributed by atoms with Crippen molar-refractivity contribution in [1.29, 1.82) is 0 Å². The Morgan fingerprint density at radius 2 is 1.83 bits per heavy atom. The van der Waals surface area contributed by atoms with E-state index in [0.29, 0.717) is 34.2 Å². The molecule has 5 rings (SSSR count). The molecule has 0 bridgehead atoms. The lowest BCUT2D eigenvalue weighted by Crippen LogP contribution is -2.10. The lowest BCUT2D eigenvalue weighted by molar-refractivity contribution is -0.110. The second-order valence-electron chi connectivity index (χ2n) is 8.48. The molecule has 1 amide bonds. The zero-order valence-corrected chi connectivity index (χ0v) is 20.0. The van der Waals surface area contributed by atoms with Gasteiger partial charge in [0.05, 0.1) is 35.4 Å². The number of nitrogens with one attached hydrogen (secondary N) is 4. The maximum atomic E-state index is 12.9. The van der Waals surface area contributed by atoms with Gasteiger partial charge in [0.1, 0.15) is 17.3 Å². The molecular formula is C29H26N4O3. The van der Waals surface area contributed by atoms with Gasteiger partial charge in [0.2, 0.25) is 0 Å². The van der Waals surface area contributed by atoms with E-state index in [2.05, 4.69) is 27.5 Å². The van der Waals surface area contributed by atoms with Gasteiger partial charge in [-0.3, -0.25) is 4.79 Å². The molecule has 7 heteroatoms. The van der Waals surface area contributed by atoms with E-state index in [1.807, 2.05) is 55.5 Å². The molecule has 36 heavy (non-hydrogen) atoms. The van der Waals surface area contributed by atoms with Crippen molar-refractivity contribution in [3.63, 3.8) is 0 Å². The first kappa shape index (κ1) is 22.9. The number of benzene rings is 3. The molecule has 0 atom stereocenters.